The zero-order valence-corrected chi connectivity index (χ0v) is 13.2. The Kier molecular flexibility index (Phi) is 3.30. The molecule has 4 rings (SSSR count). The number of furan rings is 1. The summed E-state index contributed by atoms with van der Waals surface area (Å²) in [6, 6.07) is 3.71. The second kappa shape index (κ2) is 5.48. The highest BCUT2D eigenvalue weighted by atomic mass is 16.3. The molecule has 0 fully saturated rings. The minimum atomic E-state index is 0.179. The van der Waals surface area contributed by atoms with Crippen LogP contribution in [-0.4, -0.2) is 25.3 Å². The maximum absolute atomic E-state index is 5.89. The number of hydrogen-bond acceptors (Lipinski definition) is 7. The third-order valence-corrected chi connectivity index (χ3v) is 3.89. The molecule has 0 saturated heterocycles. The van der Waals surface area contributed by atoms with Crippen molar-refractivity contribution in [3.8, 4) is 11.6 Å². The molecular formula is C16H17N7O. The van der Waals surface area contributed by atoms with Crippen LogP contribution < -0.4 is 11.5 Å². The van der Waals surface area contributed by atoms with Crippen LogP contribution in [0.1, 0.15) is 24.2 Å². The second-order valence-electron chi connectivity index (χ2n) is 5.74. The van der Waals surface area contributed by atoms with Crippen LogP contribution in [0.2, 0.25) is 0 Å². The summed E-state index contributed by atoms with van der Waals surface area (Å²) >= 11 is 0. The summed E-state index contributed by atoms with van der Waals surface area (Å²) in [5.74, 6) is 2.67. The summed E-state index contributed by atoms with van der Waals surface area (Å²) in [7, 11) is 0. The second-order valence-corrected chi connectivity index (χ2v) is 5.74. The minimum absolute atomic E-state index is 0.179. The minimum Gasteiger partial charge on any atom is -0.458 e. The number of aliphatic imine (C=N–C) groups is 1. The van der Waals surface area contributed by atoms with E-state index in [1.165, 1.54) is 0 Å². The molecule has 0 spiro atoms. The molecule has 1 aliphatic rings. The third kappa shape index (κ3) is 2.51. The number of rotatable bonds is 3. The summed E-state index contributed by atoms with van der Waals surface area (Å²) in [5.41, 5.74) is 14.3. The van der Waals surface area contributed by atoms with Crippen molar-refractivity contribution in [1.29, 1.82) is 0 Å². The van der Waals surface area contributed by atoms with E-state index < -0.39 is 0 Å². The predicted molar refractivity (Wildman–Crippen MR) is 90.3 cm³/mol. The molecule has 8 heteroatoms. The molecule has 0 unspecified atom stereocenters. The first-order valence-electron chi connectivity index (χ1n) is 7.69. The molecule has 122 valence electrons. The molecule has 0 aromatic carbocycles. The molecule has 0 radical (unpaired) electrons. The summed E-state index contributed by atoms with van der Waals surface area (Å²) < 4.78 is 7.30. The summed E-state index contributed by atoms with van der Waals surface area (Å²) in [4.78, 5) is 13.0. The normalized spacial score (nSPS) is 14.7. The average molecular weight is 323 g/mol. The van der Waals surface area contributed by atoms with E-state index in [1.807, 2.05) is 25.1 Å². The number of allylic oxidation sites excluding steroid dienone is 1. The lowest BCUT2D eigenvalue weighted by atomic mass is 10.1. The smallest absolute Gasteiger partial charge is 0.224 e. The van der Waals surface area contributed by atoms with E-state index >= 15 is 0 Å². The molecule has 3 aromatic rings. The number of aromatic nitrogens is 4. The van der Waals surface area contributed by atoms with Crippen molar-refractivity contribution in [3.63, 3.8) is 0 Å². The average Bonchev–Trinajstić information content (AvgIpc) is 3.14. The van der Waals surface area contributed by atoms with Gasteiger partial charge >= 0.3 is 0 Å². The molecule has 4 heterocycles. The molecular weight excluding hydrogens is 306 g/mol. The van der Waals surface area contributed by atoms with Gasteiger partial charge in [0.1, 0.15) is 11.6 Å². The Morgan fingerprint density at radius 3 is 2.88 bits per heavy atom. The third-order valence-electron chi connectivity index (χ3n) is 3.89. The van der Waals surface area contributed by atoms with Gasteiger partial charge in [-0.3, -0.25) is 0 Å². The maximum atomic E-state index is 5.89. The van der Waals surface area contributed by atoms with Crippen LogP contribution in [0.4, 0.5) is 5.95 Å². The Balaban J connectivity index is 1.79. The van der Waals surface area contributed by atoms with Gasteiger partial charge in [0.15, 0.2) is 11.4 Å². The number of anilines is 1. The van der Waals surface area contributed by atoms with Crippen molar-refractivity contribution in [2.75, 3.05) is 5.73 Å². The fourth-order valence-corrected chi connectivity index (χ4v) is 2.80. The largest absolute Gasteiger partial charge is 0.458 e. The molecule has 0 atom stereocenters. The molecule has 8 nitrogen and oxygen atoms in total. The van der Waals surface area contributed by atoms with Gasteiger partial charge < -0.3 is 15.9 Å². The van der Waals surface area contributed by atoms with Crippen molar-refractivity contribution in [3.05, 3.63) is 41.6 Å². The molecule has 3 aromatic heterocycles. The lowest BCUT2D eigenvalue weighted by Gasteiger charge is -2.09. The van der Waals surface area contributed by atoms with Crippen LogP contribution in [0.5, 0.6) is 0 Å². The zero-order valence-electron chi connectivity index (χ0n) is 13.2. The van der Waals surface area contributed by atoms with E-state index in [1.54, 1.807) is 10.7 Å². The van der Waals surface area contributed by atoms with Gasteiger partial charge in [0.05, 0.1) is 6.20 Å². The highest BCUT2D eigenvalue weighted by molar-refractivity contribution is 5.89. The van der Waals surface area contributed by atoms with Gasteiger partial charge in [0, 0.05) is 17.7 Å². The summed E-state index contributed by atoms with van der Waals surface area (Å²) in [5, 5.41) is 4.41. The zero-order chi connectivity index (χ0) is 16.7. The highest BCUT2D eigenvalue weighted by Crippen LogP contribution is 2.23. The Morgan fingerprint density at radius 2 is 2.12 bits per heavy atom. The van der Waals surface area contributed by atoms with Gasteiger partial charge in [-0.25, -0.2) is 4.99 Å². The summed E-state index contributed by atoms with van der Waals surface area (Å²) in [6.45, 7) is 1.87. The lowest BCUT2D eigenvalue weighted by molar-refractivity contribution is 0.541. The van der Waals surface area contributed by atoms with Crippen molar-refractivity contribution in [2.24, 2.45) is 10.7 Å². The Morgan fingerprint density at radius 1 is 1.25 bits per heavy atom. The van der Waals surface area contributed by atoms with Gasteiger partial charge in [-0.15, -0.1) is 0 Å². The van der Waals surface area contributed by atoms with Crippen molar-refractivity contribution in [1.82, 2.24) is 19.6 Å². The van der Waals surface area contributed by atoms with Crippen molar-refractivity contribution < 1.29 is 4.42 Å². The topological polar surface area (TPSA) is 121 Å². The Hall–Kier alpha value is -3.16. The highest BCUT2D eigenvalue weighted by Gasteiger charge is 2.17. The van der Waals surface area contributed by atoms with Gasteiger partial charge in [0.2, 0.25) is 11.8 Å². The maximum Gasteiger partial charge on any atom is 0.224 e. The Bertz CT molecular complexity index is 980. The Labute approximate surface area is 137 Å². The summed E-state index contributed by atoms with van der Waals surface area (Å²) in [6.07, 6.45) is 6.10. The van der Waals surface area contributed by atoms with E-state index in [9.17, 15) is 0 Å². The fourth-order valence-electron chi connectivity index (χ4n) is 2.80. The number of nitrogens with two attached hydrogens (primary N) is 2. The van der Waals surface area contributed by atoms with E-state index in [4.69, 9.17) is 15.9 Å². The fraction of sp³-hybridized carbons (Fsp3) is 0.250. The van der Waals surface area contributed by atoms with E-state index in [0.29, 0.717) is 29.5 Å². The van der Waals surface area contributed by atoms with Crippen molar-refractivity contribution >= 4 is 17.3 Å². The molecule has 24 heavy (non-hydrogen) atoms. The monoisotopic (exact) mass is 323 g/mol. The number of aryl methyl sites for hydroxylation is 1. The molecule has 0 bridgehead atoms. The number of nitrogen functional groups attached to an aromatic ring is 1. The SMILES string of the molecule is Cc1ccc(-c2nc(N)nc3c(CC4=NC(N)=CCC4)cnn23)o1. The number of nitrogens with zero attached hydrogens (tertiary/aromatic N) is 5. The van der Waals surface area contributed by atoms with Gasteiger partial charge in [-0.2, -0.15) is 19.6 Å². The van der Waals surface area contributed by atoms with Gasteiger partial charge in [0.25, 0.3) is 0 Å². The molecule has 1 aliphatic heterocycles. The van der Waals surface area contributed by atoms with Crippen molar-refractivity contribution in [2.45, 2.75) is 26.2 Å². The van der Waals surface area contributed by atoms with Crippen LogP contribution in [0.25, 0.3) is 17.2 Å². The van der Waals surface area contributed by atoms with Crippen LogP contribution in [0, 0.1) is 6.92 Å². The first-order chi connectivity index (χ1) is 11.6. The van der Waals surface area contributed by atoms with Gasteiger partial charge in [-0.1, -0.05) is 0 Å². The van der Waals surface area contributed by atoms with Crippen LogP contribution >= 0.6 is 0 Å². The first kappa shape index (κ1) is 14.4. The van der Waals surface area contributed by atoms with E-state index in [0.717, 1.165) is 29.9 Å². The number of fused-ring (bicyclic) bond motifs is 1. The predicted octanol–water partition coefficient (Wildman–Crippen LogP) is 1.85. The van der Waals surface area contributed by atoms with Crippen LogP contribution in [-0.2, 0) is 6.42 Å². The lowest BCUT2D eigenvalue weighted by Crippen LogP contribution is -2.11. The molecule has 0 aliphatic carbocycles. The van der Waals surface area contributed by atoms with E-state index in [-0.39, 0.29) is 5.95 Å². The quantitative estimate of drug-likeness (QED) is 0.759. The van der Waals surface area contributed by atoms with Crippen LogP contribution in [0.3, 0.4) is 0 Å². The number of hydrogen-bond donors (Lipinski definition) is 2. The molecule has 4 N–H and O–H groups in total. The molecule has 0 amide bonds. The van der Waals surface area contributed by atoms with Crippen LogP contribution in [0.15, 0.2) is 39.6 Å². The first-order valence-corrected chi connectivity index (χ1v) is 7.69. The standard InChI is InChI=1S/C16H17N7O/c1-9-5-6-12(24-9)15-22-16(18)21-14-10(8-19-23(14)15)7-11-3-2-4-13(17)20-11/h4-6,8H,2-3,7,17H2,1H3,(H2,18,21). The molecule has 0 saturated carbocycles. The van der Waals surface area contributed by atoms with E-state index in [2.05, 4.69) is 20.1 Å². The van der Waals surface area contributed by atoms with Gasteiger partial charge in [-0.05, 0) is 38.0 Å².